The average Bonchev–Trinajstić information content (AvgIpc) is 2.96. The Morgan fingerprint density at radius 3 is 2.26 bits per heavy atom. The number of aryl methyl sites for hydroxylation is 1. The number of likely N-dealkylation sites (tertiary alicyclic amines) is 1. The van der Waals surface area contributed by atoms with Gasteiger partial charge in [0.05, 0.1) is 23.4 Å². The van der Waals surface area contributed by atoms with E-state index in [0.29, 0.717) is 75.4 Å². The molecule has 3 amide bonds. The van der Waals surface area contributed by atoms with Gasteiger partial charge in [0.15, 0.2) is 0 Å². The number of H-pyrrole nitrogens is 1. The smallest absolute Gasteiger partial charge is 0.409 e. The van der Waals surface area contributed by atoms with Crippen LogP contribution >= 0.6 is 0 Å². The summed E-state index contributed by atoms with van der Waals surface area (Å²) in [6.45, 7) is 6.73. The summed E-state index contributed by atoms with van der Waals surface area (Å²) >= 11 is 0. The van der Waals surface area contributed by atoms with Gasteiger partial charge in [0.2, 0.25) is 5.56 Å². The van der Waals surface area contributed by atoms with Crippen LogP contribution in [0.2, 0.25) is 0 Å². The number of piperidine rings is 1. The molecular weight excluding hydrogens is 498 g/mol. The molecule has 0 unspecified atom stereocenters. The molecule has 2 aliphatic rings. The fourth-order valence-electron chi connectivity index (χ4n) is 5.45. The Morgan fingerprint density at radius 1 is 0.897 bits per heavy atom. The minimum atomic E-state index is -0.350. The third-order valence-corrected chi connectivity index (χ3v) is 7.54. The molecule has 39 heavy (non-hydrogen) atoms. The fraction of sp³-hybridized carbons (Fsp3) is 0.414. The Morgan fingerprint density at radius 2 is 1.54 bits per heavy atom. The van der Waals surface area contributed by atoms with Crippen LogP contribution in [-0.2, 0) is 4.74 Å². The summed E-state index contributed by atoms with van der Waals surface area (Å²) in [5.74, 6) is -0.220. The number of hydrogen-bond acceptors (Lipinski definition) is 6. The summed E-state index contributed by atoms with van der Waals surface area (Å²) in [4.78, 5) is 63.9. The summed E-state index contributed by atoms with van der Waals surface area (Å²) in [6, 6.07) is 12.4. The van der Waals surface area contributed by atoms with Crippen molar-refractivity contribution >= 4 is 28.8 Å². The lowest BCUT2D eigenvalue weighted by atomic mass is 9.89. The second kappa shape index (κ2) is 11.3. The maximum atomic E-state index is 13.5. The van der Waals surface area contributed by atoms with Crippen LogP contribution in [0.3, 0.4) is 0 Å². The van der Waals surface area contributed by atoms with Gasteiger partial charge >= 0.3 is 6.09 Å². The lowest BCUT2D eigenvalue weighted by Gasteiger charge is -2.35. The van der Waals surface area contributed by atoms with Gasteiger partial charge in [-0.15, -0.1) is 0 Å². The van der Waals surface area contributed by atoms with Crippen LogP contribution in [-0.4, -0.2) is 88.5 Å². The lowest BCUT2D eigenvalue weighted by molar-refractivity contribution is 0.0567. The van der Waals surface area contributed by atoms with E-state index in [9.17, 15) is 19.2 Å². The van der Waals surface area contributed by atoms with Crippen LogP contribution < -0.4 is 5.56 Å². The Labute approximate surface area is 226 Å². The molecule has 10 heteroatoms. The number of rotatable bonds is 4. The van der Waals surface area contributed by atoms with Gasteiger partial charge in [0.1, 0.15) is 0 Å². The summed E-state index contributed by atoms with van der Waals surface area (Å²) < 4.78 is 5.08. The van der Waals surface area contributed by atoms with E-state index in [1.807, 2.05) is 37.3 Å². The van der Waals surface area contributed by atoms with Crippen molar-refractivity contribution in [1.29, 1.82) is 0 Å². The monoisotopic (exact) mass is 531 g/mol. The number of carbonyl (C=O) groups is 3. The van der Waals surface area contributed by atoms with Crippen molar-refractivity contribution in [1.82, 2.24) is 24.7 Å². The number of pyridine rings is 2. The highest BCUT2D eigenvalue weighted by atomic mass is 16.6. The number of para-hydroxylation sites is 1. The first-order chi connectivity index (χ1) is 18.9. The molecule has 0 aliphatic carbocycles. The van der Waals surface area contributed by atoms with Crippen LogP contribution in [0, 0.1) is 6.92 Å². The Balaban J connectivity index is 1.29. The quantitative estimate of drug-likeness (QED) is 0.553. The van der Waals surface area contributed by atoms with Gasteiger partial charge in [0.25, 0.3) is 11.8 Å². The van der Waals surface area contributed by atoms with Gasteiger partial charge in [-0.1, -0.05) is 18.2 Å². The molecule has 204 valence electrons. The van der Waals surface area contributed by atoms with E-state index in [4.69, 9.17) is 9.72 Å². The van der Waals surface area contributed by atoms with Crippen molar-refractivity contribution in [2.45, 2.75) is 32.6 Å². The van der Waals surface area contributed by atoms with Crippen molar-refractivity contribution in [3.8, 4) is 0 Å². The molecule has 0 atom stereocenters. The molecule has 3 aromatic rings. The van der Waals surface area contributed by atoms with Crippen LogP contribution in [0.5, 0.6) is 0 Å². The number of amides is 3. The molecule has 1 aromatic carbocycles. The number of aromatic nitrogens is 2. The molecule has 2 fully saturated rings. The van der Waals surface area contributed by atoms with Gasteiger partial charge in [-0.25, -0.2) is 4.79 Å². The van der Waals surface area contributed by atoms with Crippen molar-refractivity contribution in [3.05, 3.63) is 75.3 Å². The van der Waals surface area contributed by atoms with E-state index >= 15 is 0 Å². The van der Waals surface area contributed by atoms with Gasteiger partial charge in [-0.3, -0.25) is 19.4 Å². The number of benzene rings is 1. The maximum Gasteiger partial charge on any atom is 0.409 e. The maximum absolute atomic E-state index is 13.5. The number of nitrogens with one attached hydrogen (secondary N) is 1. The average molecular weight is 532 g/mol. The fourth-order valence-corrected chi connectivity index (χ4v) is 5.45. The SMILES string of the molecule is CCOC(=O)N1CCN(C(=O)c2ccc(C)nc2C2CCN(C(=O)c3cc(=O)[nH]c4ccccc34)CC2)CC1. The number of nitrogens with zero attached hydrogens (tertiary/aromatic N) is 4. The van der Waals surface area contributed by atoms with Gasteiger partial charge in [-0.05, 0) is 44.9 Å². The molecule has 2 aromatic heterocycles. The van der Waals surface area contributed by atoms with E-state index in [2.05, 4.69) is 4.98 Å². The first-order valence-electron chi connectivity index (χ1n) is 13.5. The third-order valence-electron chi connectivity index (χ3n) is 7.54. The number of hydrogen-bond donors (Lipinski definition) is 1. The van der Waals surface area contributed by atoms with E-state index in [1.165, 1.54) is 6.07 Å². The largest absolute Gasteiger partial charge is 0.450 e. The molecule has 0 radical (unpaired) electrons. The number of piperazine rings is 1. The van der Waals surface area contributed by atoms with Crippen LogP contribution in [0.1, 0.15) is 57.8 Å². The zero-order chi connectivity index (χ0) is 27.5. The van der Waals surface area contributed by atoms with E-state index in [0.717, 1.165) is 16.8 Å². The Kier molecular flexibility index (Phi) is 7.63. The Bertz CT molecular complexity index is 1450. The predicted octanol–water partition coefficient (Wildman–Crippen LogP) is 3.17. The highest BCUT2D eigenvalue weighted by Crippen LogP contribution is 2.31. The number of fused-ring (bicyclic) bond motifs is 1. The second-order valence-electron chi connectivity index (χ2n) is 10.0. The zero-order valence-electron chi connectivity index (χ0n) is 22.3. The van der Waals surface area contributed by atoms with Crippen LogP contribution in [0.25, 0.3) is 10.9 Å². The summed E-state index contributed by atoms with van der Waals surface area (Å²) in [5.41, 5.74) is 2.92. The molecule has 5 rings (SSSR count). The molecule has 0 saturated carbocycles. The summed E-state index contributed by atoms with van der Waals surface area (Å²) in [6.07, 6.45) is 0.984. The standard InChI is InChI=1S/C29H33N5O5/c1-3-39-29(38)34-16-14-33(15-17-34)27(36)22-9-8-19(2)30-26(22)20-10-12-32(13-11-20)28(37)23-18-25(35)31-24-7-5-4-6-21(23)24/h4-9,18,20H,3,10-17H2,1-2H3,(H,31,35). The van der Waals surface area contributed by atoms with Crippen molar-refractivity contribution in [2.75, 3.05) is 45.9 Å². The molecular formula is C29H33N5O5. The van der Waals surface area contributed by atoms with Crippen LogP contribution in [0.4, 0.5) is 4.79 Å². The van der Waals surface area contributed by atoms with Gasteiger partial charge < -0.3 is 24.4 Å². The van der Waals surface area contributed by atoms with Gasteiger partial charge in [0, 0.05) is 67.8 Å². The van der Waals surface area contributed by atoms with Crippen molar-refractivity contribution in [3.63, 3.8) is 0 Å². The summed E-state index contributed by atoms with van der Waals surface area (Å²) in [5, 5.41) is 0.723. The van der Waals surface area contributed by atoms with Crippen molar-refractivity contribution in [2.24, 2.45) is 0 Å². The van der Waals surface area contributed by atoms with E-state index in [-0.39, 0.29) is 29.4 Å². The minimum Gasteiger partial charge on any atom is -0.450 e. The van der Waals surface area contributed by atoms with Crippen LogP contribution in [0.15, 0.2) is 47.3 Å². The highest BCUT2D eigenvalue weighted by molar-refractivity contribution is 6.06. The molecule has 2 saturated heterocycles. The van der Waals surface area contributed by atoms with Gasteiger partial charge in [-0.2, -0.15) is 0 Å². The predicted molar refractivity (Wildman–Crippen MR) is 146 cm³/mol. The molecule has 1 N–H and O–H groups in total. The first-order valence-corrected chi connectivity index (χ1v) is 13.5. The topological polar surface area (TPSA) is 116 Å². The number of carbonyl (C=O) groups excluding carboxylic acids is 3. The second-order valence-corrected chi connectivity index (χ2v) is 10.0. The highest BCUT2D eigenvalue weighted by Gasteiger charge is 2.32. The molecule has 2 aliphatic heterocycles. The van der Waals surface area contributed by atoms with Crippen molar-refractivity contribution < 1.29 is 19.1 Å². The first kappa shape index (κ1) is 26.4. The molecule has 4 heterocycles. The molecule has 10 nitrogen and oxygen atoms in total. The lowest BCUT2D eigenvalue weighted by Crippen LogP contribution is -2.51. The zero-order valence-corrected chi connectivity index (χ0v) is 22.3. The van der Waals surface area contributed by atoms with E-state index < -0.39 is 0 Å². The normalized spacial score (nSPS) is 16.4. The number of aromatic amines is 1. The molecule has 0 bridgehead atoms. The summed E-state index contributed by atoms with van der Waals surface area (Å²) in [7, 11) is 0. The minimum absolute atomic E-state index is 0.0321. The third kappa shape index (κ3) is 5.50. The molecule has 0 spiro atoms. The number of ether oxygens (including phenoxy) is 1. The van der Waals surface area contributed by atoms with E-state index in [1.54, 1.807) is 27.7 Å². The Hall–Kier alpha value is -4.21.